The van der Waals surface area contributed by atoms with Crippen molar-refractivity contribution in [2.24, 2.45) is 0 Å². The molecule has 0 spiro atoms. The number of nitrogens with one attached hydrogen (secondary N) is 2. The lowest BCUT2D eigenvalue weighted by Gasteiger charge is -2.11. The van der Waals surface area contributed by atoms with Crippen LogP contribution in [0.1, 0.15) is 19.4 Å². The van der Waals surface area contributed by atoms with E-state index in [1.54, 1.807) is 12.4 Å². The number of benzene rings is 2. The van der Waals surface area contributed by atoms with Gasteiger partial charge in [-0.25, -0.2) is 4.98 Å². The molecule has 0 aliphatic heterocycles. The average molecular weight is 344 g/mol. The summed E-state index contributed by atoms with van der Waals surface area (Å²) in [5.74, 6) is 0.751. The number of aromatic nitrogens is 4. The lowest BCUT2D eigenvalue weighted by molar-refractivity contribution is 0.585. The van der Waals surface area contributed by atoms with Gasteiger partial charge in [-0.2, -0.15) is 5.26 Å². The molecular weight excluding hydrogens is 328 g/mol. The Balaban J connectivity index is 1.73. The highest BCUT2D eigenvalue weighted by Gasteiger charge is 2.15. The van der Waals surface area contributed by atoms with Crippen molar-refractivity contribution in [1.29, 1.82) is 5.26 Å². The highest BCUT2D eigenvalue weighted by molar-refractivity contribution is 5.89. The van der Waals surface area contributed by atoms with E-state index in [2.05, 4.69) is 31.6 Å². The molecule has 2 aromatic carbocycles. The number of anilines is 1. The molecular formula is C19H16N6O. The number of imidazole rings is 1. The number of hydrogen-bond donors (Lipinski definition) is 2. The summed E-state index contributed by atoms with van der Waals surface area (Å²) in [6, 6.07) is 13.6. The Morgan fingerprint density at radius 2 is 2.00 bits per heavy atom. The third kappa shape index (κ3) is 2.78. The van der Waals surface area contributed by atoms with Crippen LogP contribution in [0.5, 0.6) is 0 Å². The van der Waals surface area contributed by atoms with Crippen molar-refractivity contribution in [3.05, 3.63) is 48.3 Å². The van der Waals surface area contributed by atoms with Gasteiger partial charge in [0.05, 0.1) is 28.7 Å². The Kier molecular flexibility index (Phi) is 3.86. The van der Waals surface area contributed by atoms with Crippen LogP contribution in [0, 0.1) is 11.3 Å². The summed E-state index contributed by atoms with van der Waals surface area (Å²) in [5.41, 5.74) is 4.46. The molecule has 7 heteroatoms. The Labute approximate surface area is 149 Å². The van der Waals surface area contributed by atoms with E-state index in [-0.39, 0.29) is 6.04 Å². The Bertz CT molecular complexity index is 1120. The molecule has 128 valence electrons. The highest BCUT2D eigenvalue weighted by Crippen LogP contribution is 2.29. The number of H-pyrrole nitrogens is 1. The normalized spacial score (nSPS) is 11.0. The van der Waals surface area contributed by atoms with E-state index < -0.39 is 0 Å². The van der Waals surface area contributed by atoms with Crippen molar-refractivity contribution >= 4 is 16.7 Å². The molecule has 0 atom stereocenters. The minimum absolute atomic E-state index is 0.234. The topological polar surface area (TPSA) is 103 Å². The number of rotatable bonds is 4. The summed E-state index contributed by atoms with van der Waals surface area (Å²) in [5, 5.41) is 20.9. The molecule has 0 radical (unpaired) electrons. The van der Waals surface area contributed by atoms with Crippen molar-refractivity contribution < 1.29 is 4.42 Å². The van der Waals surface area contributed by atoms with Gasteiger partial charge in [-0.1, -0.05) is 6.07 Å². The summed E-state index contributed by atoms with van der Waals surface area (Å²) >= 11 is 0. The molecule has 0 aliphatic rings. The molecule has 2 N–H and O–H groups in total. The summed E-state index contributed by atoms with van der Waals surface area (Å²) < 4.78 is 5.85. The van der Waals surface area contributed by atoms with Gasteiger partial charge in [0, 0.05) is 11.6 Å². The van der Waals surface area contributed by atoms with Crippen LogP contribution in [-0.2, 0) is 0 Å². The largest absolute Gasteiger partial charge is 0.416 e. The molecule has 2 heterocycles. The molecule has 0 saturated heterocycles. The SMILES string of the molecule is CC(C)Nc1ccc(-c2nnc(-c3cccc4[nH]cnc34)o2)cc1C#N. The van der Waals surface area contributed by atoms with Gasteiger partial charge in [0.2, 0.25) is 11.8 Å². The van der Waals surface area contributed by atoms with Gasteiger partial charge >= 0.3 is 0 Å². The van der Waals surface area contributed by atoms with Gasteiger partial charge in [0.1, 0.15) is 11.6 Å². The fourth-order valence-electron chi connectivity index (χ4n) is 2.79. The van der Waals surface area contributed by atoms with Crippen LogP contribution in [0.3, 0.4) is 0 Å². The van der Waals surface area contributed by atoms with Gasteiger partial charge in [0.25, 0.3) is 0 Å². The Morgan fingerprint density at radius 3 is 2.81 bits per heavy atom. The maximum Gasteiger partial charge on any atom is 0.250 e. The van der Waals surface area contributed by atoms with E-state index >= 15 is 0 Å². The summed E-state index contributed by atoms with van der Waals surface area (Å²) in [4.78, 5) is 7.37. The number of nitrogens with zero attached hydrogens (tertiary/aromatic N) is 4. The van der Waals surface area contributed by atoms with Gasteiger partial charge in [-0.15, -0.1) is 10.2 Å². The van der Waals surface area contributed by atoms with Crippen molar-refractivity contribution in [1.82, 2.24) is 20.2 Å². The molecule has 2 aromatic heterocycles. The standard InChI is InChI=1S/C19H16N6O/c1-11(2)23-15-7-6-12(8-13(15)9-20)18-24-25-19(26-18)14-4-3-5-16-17(14)22-10-21-16/h3-8,10-11,23H,1-2H3,(H,21,22). The fraction of sp³-hybridized carbons (Fsp3) is 0.158. The van der Waals surface area contributed by atoms with Crippen LogP contribution in [-0.4, -0.2) is 26.2 Å². The Morgan fingerprint density at radius 1 is 1.15 bits per heavy atom. The average Bonchev–Trinajstić information content (AvgIpc) is 3.30. The van der Waals surface area contributed by atoms with Crippen LogP contribution in [0.4, 0.5) is 5.69 Å². The van der Waals surface area contributed by atoms with Crippen LogP contribution in [0.25, 0.3) is 33.9 Å². The number of aromatic amines is 1. The van der Waals surface area contributed by atoms with Crippen LogP contribution >= 0.6 is 0 Å². The van der Waals surface area contributed by atoms with Gasteiger partial charge in [0.15, 0.2) is 0 Å². The molecule has 4 rings (SSSR count). The monoisotopic (exact) mass is 344 g/mol. The number of para-hydroxylation sites is 1. The van der Waals surface area contributed by atoms with E-state index in [4.69, 9.17) is 4.42 Å². The second-order valence-corrected chi connectivity index (χ2v) is 6.19. The molecule has 0 saturated carbocycles. The third-order valence-corrected chi connectivity index (χ3v) is 3.94. The number of fused-ring (bicyclic) bond motifs is 1. The molecule has 0 bridgehead atoms. The second kappa shape index (κ2) is 6.33. The second-order valence-electron chi connectivity index (χ2n) is 6.19. The van der Waals surface area contributed by atoms with E-state index in [1.165, 1.54) is 0 Å². The minimum atomic E-state index is 0.234. The first kappa shape index (κ1) is 15.8. The first-order valence-electron chi connectivity index (χ1n) is 8.22. The van der Waals surface area contributed by atoms with E-state index in [1.807, 2.05) is 44.2 Å². The number of hydrogen-bond acceptors (Lipinski definition) is 6. The van der Waals surface area contributed by atoms with Crippen LogP contribution in [0.2, 0.25) is 0 Å². The molecule has 0 fully saturated rings. The minimum Gasteiger partial charge on any atom is -0.416 e. The smallest absolute Gasteiger partial charge is 0.250 e. The third-order valence-electron chi connectivity index (χ3n) is 3.94. The predicted molar refractivity (Wildman–Crippen MR) is 98.3 cm³/mol. The predicted octanol–water partition coefficient (Wildman–Crippen LogP) is 3.97. The summed E-state index contributed by atoms with van der Waals surface area (Å²) in [6.07, 6.45) is 1.63. The van der Waals surface area contributed by atoms with Crippen molar-refractivity contribution in [2.45, 2.75) is 19.9 Å². The zero-order valence-corrected chi connectivity index (χ0v) is 14.3. The maximum atomic E-state index is 9.41. The summed E-state index contributed by atoms with van der Waals surface area (Å²) in [6.45, 7) is 4.05. The fourth-order valence-corrected chi connectivity index (χ4v) is 2.79. The van der Waals surface area contributed by atoms with Crippen molar-refractivity contribution in [2.75, 3.05) is 5.32 Å². The molecule has 7 nitrogen and oxygen atoms in total. The molecule has 0 aliphatic carbocycles. The highest BCUT2D eigenvalue weighted by atomic mass is 16.4. The lowest BCUT2D eigenvalue weighted by atomic mass is 10.1. The lowest BCUT2D eigenvalue weighted by Crippen LogP contribution is -2.10. The van der Waals surface area contributed by atoms with Crippen LogP contribution < -0.4 is 5.32 Å². The Hall–Kier alpha value is -3.66. The van der Waals surface area contributed by atoms with E-state index in [0.717, 1.165) is 22.3 Å². The first-order chi connectivity index (χ1) is 12.7. The quantitative estimate of drug-likeness (QED) is 0.580. The first-order valence-corrected chi connectivity index (χ1v) is 8.22. The maximum absolute atomic E-state index is 9.41. The van der Waals surface area contributed by atoms with Gasteiger partial charge < -0.3 is 14.7 Å². The zero-order valence-electron chi connectivity index (χ0n) is 14.3. The van der Waals surface area contributed by atoms with Crippen molar-refractivity contribution in [3.8, 4) is 29.0 Å². The van der Waals surface area contributed by atoms with Gasteiger partial charge in [-0.3, -0.25) is 0 Å². The summed E-state index contributed by atoms with van der Waals surface area (Å²) in [7, 11) is 0. The molecule has 26 heavy (non-hydrogen) atoms. The van der Waals surface area contributed by atoms with Crippen LogP contribution in [0.15, 0.2) is 47.1 Å². The van der Waals surface area contributed by atoms with E-state index in [0.29, 0.717) is 22.9 Å². The number of nitriles is 1. The molecule has 4 aromatic rings. The molecule has 0 amide bonds. The van der Waals surface area contributed by atoms with E-state index in [9.17, 15) is 5.26 Å². The molecule has 0 unspecified atom stereocenters. The zero-order chi connectivity index (χ0) is 18.1. The van der Waals surface area contributed by atoms with Crippen molar-refractivity contribution in [3.63, 3.8) is 0 Å². The van der Waals surface area contributed by atoms with Gasteiger partial charge in [-0.05, 0) is 44.2 Å².